The molecule has 1 N–H and O–H groups in total. The van der Waals surface area contributed by atoms with Gasteiger partial charge in [-0.05, 0) is 32.3 Å². The van der Waals surface area contributed by atoms with E-state index in [1.165, 1.54) is 37.9 Å². The smallest absolute Gasteiger partial charge is 0.123 e. The van der Waals surface area contributed by atoms with Gasteiger partial charge in [0.25, 0.3) is 0 Å². The zero-order chi connectivity index (χ0) is 13.1. The molecule has 0 radical (unpaired) electrons. The highest BCUT2D eigenvalue weighted by atomic mass is 35.5. The number of rotatable bonds is 4. The van der Waals surface area contributed by atoms with Crippen molar-refractivity contribution in [2.24, 2.45) is 0 Å². The Morgan fingerprint density at radius 2 is 2.00 bits per heavy atom. The number of nitrogens with one attached hydrogen (secondary N) is 1. The number of hydrogen-bond acceptors (Lipinski definition) is 3. The molecule has 0 spiro atoms. The van der Waals surface area contributed by atoms with Crippen LogP contribution < -0.4 is 10.1 Å². The highest BCUT2D eigenvalue weighted by Crippen LogP contribution is 2.24. The van der Waals surface area contributed by atoms with Gasteiger partial charge in [0.05, 0.1) is 6.61 Å². The fourth-order valence-corrected chi connectivity index (χ4v) is 3.33. The predicted octanol–water partition coefficient (Wildman–Crippen LogP) is 2.83. The second-order valence-electron chi connectivity index (χ2n) is 5.70. The van der Waals surface area contributed by atoms with Crippen LogP contribution in [-0.4, -0.2) is 36.7 Å². The van der Waals surface area contributed by atoms with E-state index in [0.717, 1.165) is 24.9 Å². The number of hydrogen-bond donors (Lipinski definition) is 1. The molecular formula is C16H25ClN2O. The molecule has 2 bridgehead atoms. The van der Waals surface area contributed by atoms with Crippen molar-refractivity contribution in [1.82, 2.24) is 10.2 Å². The Bertz CT molecular complexity index is 427. The molecule has 1 aromatic carbocycles. The number of halogens is 1. The molecule has 2 aliphatic rings. The first-order valence-electron chi connectivity index (χ1n) is 7.54. The molecular weight excluding hydrogens is 272 g/mol. The Morgan fingerprint density at radius 1 is 1.20 bits per heavy atom. The van der Waals surface area contributed by atoms with Crippen molar-refractivity contribution < 1.29 is 4.74 Å². The number of nitrogens with zero attached hydrogens (tertiary/aromatic N) is 1. The van der Waals surface area contributed by atoms with Crippen molar-refractivity contribution in [3.05, 3.63) is 29.8 Å². The molecule has 0 amide bonds. The van der Waals surface area contributed by atoms with Gasteiger partial charge in [-0.3, -0.25) is 4.90 Å². The minimum Gasteiger partial charge on any atom is -0.494 e. The van der Waals surface area contributed by atoms with E-state index in [-0.39, 0.29) is 12.4 Å². The molecule has 0 aromatic heterocycles. The van der Waals surface area contributed by atoms with E-state index < -0.39 is 0 Å². The normalized spacial score (nSPS) is 25.9. The standard InChI is InChI=1S/C16H24N2O.ClH/c1-2-19-16-6-4-3-5-13(16)11-18-10-9-14-7-8-15(12-18)17-14;/h3-6,14-15,17H,2,7-12H2,1H3;1H. The summed E-state index contributed by atoms with van der Waals surface area (Å²) in [5.74, 6) is 1.05. The average molecular weight is 297 g/mol. The molecule has 2 unspecified atom stereocenters. The van der Waals surface area contributed by atoms with Crippen molar-refractivity contribution in [1.29, 1.82) is 0 Å². The van der Waals surface area contributed by atoms with E-state index in [1.807, 2.05) is 6.92 Å². The molecule has 1 aromatic rings. The molecule has 3 rings (SSSR count). The molecule has 3 nitrogen and oxygen atoms in total. The highest BCUT2D eigenvalue weighted by Gasteiger charge is 2.29. The molecule has 112 valence electrons. The van der Waals surface area contributed by atoms with Gasteiger partial charge in [0.1, 0.15) is 5.75 Å². The van der Waals surface area contributed by atoms with E-state index in [0.29, 0.717) is 6.04 Å². The van der Waals surface area contributed by atoms with Crippen molar-refractivity contribution in [2.45, 2.75) is 44.8 Å². The second kappa shape index (κ2) is 7.30. The van der Waals surface area contributed by atoms with Crippen LogP contribution in [0, 0.1) is 0 Å². The first-order chi connectivity index (χ1) is 9.35. The third kappa shape index (κ3) is 3.66. The summed E-state index contributed by atoms with van der Waals surface area (Å²) in [5, 5.41) is 3.74. The number of fused-ring (bicyclic) bond motifs is 2. The van der Waals surface area contributed by atoms with E-state index >= 15 is 0 Å². The molecule has 2 fully saturated rings. The van der Waals surface area contributed by atoms with Crippen molar-refractivity contribution in [2.75, 3.05) is 19.7 Å². The Hall–Kier alpha value is -0.770. The number of para-hydroxylation sites is 1. The SMILES string of the molecule is CCOc1ccccc1CN1CCC2CCC(C1)N2.Cl. The molecule has 4 heteroatoms. The van der Waals surface area contributed by atoms with Crippen LogP contribution in [0.15, 0.2) is 24.3 Å². The van der Waals surface area contributed by atoms with Gasteiger partial charge in [-0.25, -0.2) is 0 Å². The van der Waals surface area contributed by atoms with Crippen LogP contribution >= 0.6 is 12.4 Å². The fraction of sp³-hybridized carbons (Fsp3) is 0.625. The van der Waals surface area contributed by atoms with Crippen molar-refractivity contribution >= 4 is 12.4 Å². The van der Waals surface area contributed by atoms with Gasteiger partial charge in [-0.15, -0.1) is 12.4 Å². The van der Waals surface area contributed by atoms with Gasteiger partial charge in [0.2, 0.25) is 0 Å². The summed E-state index contributed by atoms with van der Waals surface area (Å²) in [4.78, 5) is 2.58. The fourth-order valence-electron chi connectivity index (χ4n) is 3.33. The Kier molecular flexibility index (Phi) is 5.70. The van der Waals surface area contributed by atoms with E-state index in [4.69, 9.17) is 4.74 Å². The second-order valence-corrected chi connectivity index (χ2v) is 5.70. The maximum absolute atomic E-state index is 5.73. The Balaban J connectivity index is 0.00000147. The van der Waals surface area contributed by atoms with Crippen LogP contribution in [0.5, 0.6) is 5.75 Å². The van der Waals surface area contributed by atoms with Crippen LogP contribution in [0.1, 0.15) is 31.7 Å². The lowest BCUT2D eigenvalue weighted by molar-refractivity contribution is 0.244. The van der Waals surface area contributed by atoms with Gasteiger partial charge in [-0.2, -0.15) is 0 Å². The van der Waals surface area contributed by atoms with Gasteiger partial charge in [0, 0.05) is 37.3 Å². The number of ether oxygens (including phenoxy) is 1. The van der Waals surface area contributed by atoms with Crippen LogP contribution in [0.25, 0.3) is 0 Å². The molecule has 2 aliphatic heterocycles. The topological polar surface area (TPSA) is 24.5 Å². The molecule has 0 aliphatic carbocycles. The third-order valence-corrected chi connectivity index (χ3v) is 4.27. The summed E-state index contributed by atoms with van der Waals surface area (Å²) in [6.07, 6.45) is 4.00. The van der Waals surface area contributed by atoms with Crippen LogP contribution in [0.3, 0.4) is 0 Å². The minimum absolute atomic E-state index is 0. The third-order valence-electron chi connectivity index (χ3n) is 4.27. The van der Waals surface area contributed by atoms with Crippen LogP contribution in [0.4, 0.5) is 0 Å². The van der Waals surface area contributed by atoms with Crippen LogP contribution in [-0.2, 0) is 6.54 Å². The molecule has 2 atom stereocenters. The van der Waals surface area contributed by atoms with E-state index in [1.54, 1.807) is 0 Å². The maximum Gasteiger partial charge on any atom is 0.123 e. The van der Waals surface area contributed by atoms with Gasteiger partial charge in [-0.1, -0.05) is 18.2 Å². The van der Waals surface area contributed by atoms with Crippen LogP contribution in [0.2, 0.25) is 0 Å². The number of likely N-dealkylation sites (tertiary alicyclic amines) is 1. The molecule has 0 saturated carbocycles. The summed E-state index contributed by atoms with van der Waals surface area (Å²) >= 11 is 0. The first-order valence-corrected chi connectivity index (χ1v) is 7.54. The summed E-state index contributed by atoms with van der Waals surface area (Å²) in [5.41, 5.74) is 1.32. The first kappa shape index (κ1) is 15.6. The minimum atomic E-state index is 0. The Labute approximate surface area is 128 Å². The summed E-state index contributed by atoms with van der Waals surface area (Å²) in [6.45, 7) is 6.18. The molecule has 2 saturated heterocycles. The van der Waals surface area contributed by atoms with Crippen molar-refractivity contribution in [3.8, 4) is 5.75 Å². The van der Waals surface area contributed by atoms with Gasteiger partial charge >= 0.3 is 0 Å². The van der Waals surface area contributed by atoms with Crippen molar-refractivity contribution in [3.63, 3.8) is 0 Å². The predicted molar refractivity (Wildman–Crippen MR) is 84.7 cm³/mol. The monoisotopic (exact) mass is 296 g/mol. The Morgan fingerprint density at radius 3 is 2.85 bits per heavy atom. The summed E-state index contributed by atoms with van der Waals surface area (Å²) in [6, 6.07) is 9.91. The molecule has 20 heavy (non-hydrogen) atoms. The van der Waals surface area contributed by atoms with Gasteiger partial charge < -0.3 is 10.1 Å². The van der Waals surface area contributed by atoms with Gasteiger partial charge in [0.15, 0.2) is 0 Å². The average Bonchev–Trinajstić information content (AvgIpc) is 2.75. The zero-order valence-corrected chi connectivity index (χ0v) is 13.0. The lowest BCUT2D eigenvalue weighted by atomic mass is 10.1. The summed E-state index contributed by atoms with van der Waals surface area (Å²) < 4.78 is 5.73. The largest absolute Gasteiger partial charge is 0.494 e. The maximum atomic E-state index is 5.73. The quantitative estimate of drug-likeness (QED) is 0.925. The van der Waals surface area contributed by atoms with E-state index in [9.17, 15) is 0 Å². The lowest BCUT2D eigenvalue weighted by Gasteiger charge is -2.24. The number of benzene rings is 1. The lowest BCUT2D eigenvalue weighted by Crippen LogP contribution is -2.35. The zero-order valence-electron chi connectivity index (χ0n) is 12.2. The van der Waals surface area contributed by atoms with E-state index in [2.05, 4.69) is 34.5 Å². The highest BCUT2D eigenvalue weighted by molar-refractivity contribution is 5.85. The summed E-state index contributed by atoms with van der Waals surface area (Å²) in [7, 11) is 0. The molecule has 2 heterocycles.